The standard InChI is InChI=1S/C30H39N3O11S.C28H36N2O10S/c1-18(2)14-33(45(37,38)21-8-9-25-26(13-21)42-17-41-25)15-24(34)23(12-19-4-6-20(7-5-19)43-29(35)31-3)32-30(36)44-27-16-40-28-22(27)10-11-39-28;1-17(2)13-30(41(34,35)20-7-8-24-25(12-20)39-16-38-24)14-23(32)22(11-18-3-5-19(31)6-4-18)29-28(33)40-26-15-37-27-21(26)9-10-36-27/h4-9,13,18,22-24,27-28,34H,10-12,14-17H2,1-3H3,(H,31,35)(H,32,36);3-8,12,17,21-23,26-27,31-32H,9-11,13-16H2,1-2H3,(H,29,33)/t22-,23-,24+,27-,28+;21-,22-,23+,26-,27+/m00/s1. The Morgan fingerprint density at radius 3 is 1.41 bits per heavy atom. The van der Waals surface area contributed by atoms with Gasteiger partial charge in [0.2, 0.25) is 33.6 Å². The summed E-state index contributed by atoms with van der Waals surface area (Å²) >= 11 is 0. The van der Waals surface area contributed by atoms with Gasteiger partial charge in [0.25, 0.3) is 0 Å². The highest BCUT2D eigenvalue weighted by Crippen LogP contribution is 2.38. The first-order chi connectivity index (χ1) is 41.1. The maximum atomic E-state index is 13.8. The Kier molecular flexibility index (Phi) is 21.1. The molecule has 6 aliphatic heterocycles. The van der Waals surface area contributed by atoms with Gasteiger partial charge in [-0.05, 0) is 97.2 Å². The first-order valence-electron chi connectivity index (χ1n) is 28.5. The predicted molar refractivity (Wildman–Crippen MR) is 303 cm³/mol. The molecule has 10 rings (SSSR count). The fraction of sp³-hybridized carbons (Fsp3) is 0.534. The second kappa shape index (κ2) is 28.4. The number of carbonyl (C=O) groups is 3. The van der Waals surface area contributed by atoms with Crippen LogP contribution in [-0.2, 0) is 61.3 Å². The van der Waals surface area contributed by atoms with E-state index in [1.165, 1.54) is 64.2 Å². The molecular formula is C58H75N5O21S2. The van der Waals surface area contributed by atoms with Crippen molar-refractivity contribution in [2.45, 2.75) is 112 Å². The second-order valence-corrected chi connectivity index (χ2v) is 26.3. The number of benzene rings is 4. The molecule has 4 aromatic carbocycles. The number of alkyl carbamates (subject to hydrolysis) is 2. The molecule has 0 saturated carbocycles. The number of sulfonamides is 2. The molecule has 10 atom stereocenters. The van der Waals surface area contributed by atoms with Crippen LogP contribution in [0.3, 0.4) is 0 Å². The van der Waals surface area contributed by atoms with E-state index in [4.69, 9.17) is 52.1 Å². The Bertz CT molecular complexity index is 3190. The van der Waals surface area contributed by atoms with E-state index in [0.717, 1.165) is 5.56 Å². The van der Waals surface area contributed by atoms with Gasteiger partial charge in [0, 0.05) is 45.4 Å². The second-order valence-electron chi connectivity index (χ2n) is 22.4. The van der Waals surface area contributed by atoms with Crippen LogP contribution in [0.15, 0.2) is 94.7 Å². The van der Waals surface area contributed by atoms with Crippen LogP contribution in [0.2, 0.25) is 0 Å². The van der Waals surface area contributed by atoms with Crippen LogP contribution < -0.4 is 39.6 Å². The zero-order valence-corrected chi connectivity index (χ0v) is 49.9. The van der Waals surface area contributed by atoms with E-state index in [1.54, 1.807) is 36.4 Å². The van der Waals surface area contributed by atoms with Gasteiger partial charge < -0.3 is 83.4 Å². The number of rotatable bonds is 23. The zero-order chi connectivity index (χ0) is 61.3. The Morgan fingerprint density at radius 1 is 0.570 bits per heavy atom. The average molecular weight is 1240 g/mol. The zero-order valence-electron chi connectivity index (χ0n) is 48.3. The summed E-state index contributed by atoms with van der Waals surface area (Å²) in [6.45, 7) is 8.58. The summed E-state index contributed by atoms with van der Waals surface area (Å²) in [5.41, 5.74) is 1.40. The summed E-state index contributed by atoms with van der Waals surface area (Å²) < 4.78 is 117. The summed E-state index contributed by atoms with van der Waals surface area (Å²) in [6.07, 6.45) is -4.91. The lowest BCUT2D eigenvalue weighted by atomic mass is 10.0. The predicted octanol–water partition coefficient (Wildman–Crippen LogP) is 4.47. The molecule has 86 heavy (non-hydrogen) atoms. The van der Waals surface area contributed by atoms with Crippen molar-refractivity contribution in [3.05, 3.63) is 96.1 Å². The van der Waals surface area contributed by atoms with E-state index in [-0.39, 0.29) is 105 Å². The lowest BCUT2D eigenvalue weighted by molar-refractivity contribution is -0.0909. The molecule has 4 aromatic rings. The first kappa shape index (κ1) is 63.8. The number of phenolic OH excluding ortho intramolecular Hbond substituents is 1. The topological polar surface area (TPSA) is 324 Å². The lowest BCUT2D eigenvalue weighted by Gasteiger charge is -2.31. The molecular weight excluding hydrogens is 1170 g/mol. The van der Waals surface area contributed by atoms with Crippen LogP contribution in [-0.4, -0.2) is 181 Å². The quantitative estimate of drug-likeness (QED) is 0.0597. The maximum Gasteiger partial charge on any atom is 0.412 e. The highest BCUT2D eigenvalue weighted by atomic mass is 32.2. The third-order valence-corrected chi connectivity index (χ3v) is 18.7. The molecule has 0 radical (unpaired) electrons. The van der Waals surface area contributed by atoms with Crippen LogP contribution >= 0.6 is 0 Å². The number of hydrogen-bond donors (Lipinski definition) is 6. The minimum absolute atomic E-state index is 0.00296. The molecule has 28 heteroatoms. The highest BCUT2D eigenvalue weighted by molar-refractivity contribution is 7.89. The van der Waals surface area contributed by atoms with Gasteiger partial charge in [-0.15, -0.1) is 0 Å². The first-order valence-corrected chi connectivity index (χ1v) is 31.3. The van der Waals surface area contributed by atoms with Crippen molar-refractivity contribution in [1.29, 1.82) is 0 Å². The molecule has 4 saturated heterocycles. The number of carbonyl (C=O) groups excluding carboxylic acids is 3. The minimum Gasteiger partial charge on any atom is -0.508 e. The highest BCUT2D eigenvalue weighted by Gasteiger charge is 2.46. The SMILES string of the molecule is CC(C)CN(C[C@@H](O)[C@H](Cc1ccc(O)cc1)NC(=O)O[C@H]1CO[C@H]2OCC[C@H]21)S(=O)(=O)c1ccc2c(c1)OCO2.CNC(=O)Oc1ccc(C[C@H](NC(=O)O[C@H]2CO[C@H]3OCC[C@H]32)[C@H](O)CN(CC(C)C)S(=O)(=O)c2ccc3c(c2)OCO3)cc1. The van der Waals surface area contributed by atoms with Crippen molar-refractivity contribution >= 4 is 38.3 Å². The fourth-order valence-electron chi connectivity index (χ4n) is 10.7. The molecule has 3 amide bonds. The van der Waals surface area contributed by atoms with Crippen molar-refractivity contribution in [2.24, 2.45) is 23.7 Å². The monoisotopic (exact) mass is 1240 g/mol. The summed E-state index contributed by atoms with van der Waals surface area (Å²) in [5, 5.41) is 40.5. The summed E-state index contributed by atoms with van der Waals surface area (Å²) in [5.74, 6) is 1.66. The number of fused-ring (bicyclic) bond motifs is 4. The molecule has 6 aliphatic rings. The summed E-state index contributed by atoms with van der Waals surface area (Å²) in [4.78, 5) is 37.7. The minimum atomic E-state index is -4.09. The van der Waals surface area contributed by atoms with Gasteiger partial charge in [-0.1, -0.05) is 52.0 Å². The number of nitrogens with one attached hydrogen (secondary N) is 3. The summed E-state index contributed by atoms with van der Waals surface area (Å²) in [6, 6.07) is 19.8. The van der Waals surface area contributed by atoms with Gasteiger partial charge in [0.1, 0.15) is 23.7 Å². The van der Waals surface area contributed by atoms with Gasteiger partial charge >= 0.3 is 18.3 Å². The molecule has 26 nitrogen and oxygen atoms in total. The number of aliphatic hydroxyl groups is 2. The largest absolute Gasteiger partial charge is 0.508 e. The van der Waals surface area contributed by atoms with E-state index in [2.05, 4.69) is 16.0 Å². The normalized spacial score (nSPS) is 22.4. The van der Waals surface area contributed by atoms with E-state index >= 15 is 0 Å². The fourth-order valence-corrected chi connectivity index (χ4v) is 14.0. The molecule has 6 N–H and O–H groups in total. The van der Waals surface area contributed by atoms with Gasteiger partial charge in [-0.2, -0.15) is 8.61 Å². The van der Waals surface area contributed by atoms with Gasteiger partial charge in [-0.25, -0.2) is 31.2 Å². The van der Waals surface area contributed by atoms with Gasteiger partial charge in [0.05, 0.1) is 72.3 Å². The van der Waals surface area contributed by atoms with E-state index in [0.29, 0.717) is 60.4 Å². The lowest BCUT2D eigenvalue weighted by Crippen LogP contribution is -2.51. The van der Waals surface area contributed by atoms with Crippen molar-refractivity contribution < 1.29 is 98.6 Å². The molecule has 0 aliphatic carbocycles. The number of amides is 3. The Hall–Kier alpha value is -6.73. The number of hydrogen-bond acceptors (Lipinski definition) is 21. The molecule has 0 aromatic heterocycles. The van der Waals surface area contributed by atoms with E-state index < -0.39 is 87.4 Å². The van der Waals surface area contributed by atoms with Gasteiger partial charge in [-0.3, -0.25) is 0 Å². The molecule has 0 bridgehead atoms. The number of aromatic hydroxyl groups is 1. The van der Waals surface area contributed by atoms with Crippen LogP contribution in [0.5, 0.6) is 34.5 Å². The van der Waals surface area contributed by atoms with Crippen molar-refractivity contribution in [1.82, 2.24) is 24.6 Å². The average Bonchev–Trinajstić information content (AvgIpc) is 4.50. The van der Waals surface area contributed by atoms with Crippen LogP contribution in [0.1, 0.15) is 51.7 Å². The number of phenols is 1. The molecule has 6 heterocycles. The van der Waals surface area contributed by atoms with E-state index in [9.17, 15) is 46.5 Å². The Labute approximate surface area is 499 Å². The number of nitrogens with zero attached hydrogens (tertiary/aromatic N) is 2. The molecule has 4 fully saturated rings. The van der Waals surface area contributed by atoms with Crippen molar-refractivity contribution in [3.8, 4) is 34.5 Å². The maximum absolute atomic E-state index is 13.8. The third kappa shape index (κ3) is 16.1. The molecule has 470 valence electrons. The Balaban J connectivity index is 0.000000206. The number of ether oxygens (including phenoxy) is 11. The molecule has 0 unspecified atom stereocenters. The Morgan fingerprint density at radius 2 is 0.988 bits per heavy atom. The summed E-state index contributed by atoms with van der Waals surface area (Å²) in [7, 11) is -6.69. The van der Waals surface area contributed by atoms with Gasteiger partial charge in [0.15, 0.2) is 35.6 Å². The van der Waals surface area contributed by atoms with Crippen molar-refractivity contribution in [2.75, 3.05) is 73.2 Å². The van der Waals surface area contributed by atoms with E-state index in [1.807, 2.05) is 27.7 Å². The van der Waals surface area contributed by atoms with Crippen LogP contribution in [0, 0.1) is 23.7 Å². The van der Waals surface area contributed by atoms with Crippen LogP contribution in [0.4, 0.5) is 14.4 Å². The third-order valence-electron chi connectivity index (χ3n) is 15.1. The van der Waals surface area contributed by atoms with Crippen molar-refractivity contribution in [3.63, 3.8) is 0 Å². The molecule has 0 spiro atoms. The smallest absolute Gasteiger partial charge is 0.412 e. The van der Waals surface area contributed by atoms with Crippen LogP contribution in [0.25, 0.3) is 0 Å². The number of aliphatic hydroxyl groups excluding tert-OH is 2.